The van der Waals surface area contributed by atoms with Crippen molar-refractivity contribution in [3.63, 3.8) is 0 Å². The summed E-state index contributed by atoms with van der Waals surface area (Å²) in [6, 6.07) is 4.58. The molecule has 0 aliphatic rings. The molecule has 0 aliphatic carbocycles. The maximum atomic E-state index is 4.30. The number of nitrogens with one attached hydrogen (secondary N) is 1. The molecule has 0 spiro atoms. The molecule has 0 bridgehead atoms. The van der Waals surface area contributed by atoms with E-state index in [-0.39, 0.29) is 0 Å². The molecule has 0 saturated carbocycles. The molecule has 4 heteroatoms. The number of imidazole rings is 1. The first-order valence-electron chi connectivity index (χ1n) is 5.42. The fourth-order valence-corrected chi connectivity index (χ4v) is 1.43. The first kappa shape index (κ1) is 10.8. The highest BCUT2D eigenvalue weighted by Gasteiger charge is 2.00. The summed E-state index contributed by atoms with van der Waals surface area (Å²) in [5.74, 6) is 0.903. The molecule has 16 heavy (non-hydrogen) atoms. The van der Waals surface area contributed by atoms with Gasteiger partial charge >= 0.3 is 0 Å². The lowest BCUT2D eigenvalue weighted by molar-refractivity contribution is 0.588. The molecule has 0 amide bonds. The zero-order valence-electron chi connectivity index (χ0n) is 9.59. The molecule has 2 aromatic rings. The summed E-state index contributed by atoms with van der Waals surface area (Å²) in [5.41, 5.74) is 1.23. The van der Waals surface area contributed by atoms with Gasteiger partial charge in [-0.05, 0) is 17.7 Å². The predicted octanol–water partition coefficient (Wildman–Crippen LogP) is 1.77. The lowest BCUT2D eigenvalue weighted by Gasteiger charge is -2.09. The second-order valence-electron chi connectivity index (χ2n) is 4.03. The zero-order valence-corrected chi connectivity index (χ0v) is 9.59. The molecule has 0 unspecified atom stereocenters. The van der Waals surface area contributed by atoms with Gasteiger partial charge in [-0.2, -0.15) is 0 Å². The van der Waals surface area contributed by atoms with Crippen molar-refractivity contribution in [2.75, 3.05) is 0 Å². The maximum Gasteiger partial charge on any atom is 0.138 e. The van der Waals surface area contributed by atoms with Gasteiger partial charge in [-0.25, -0.2) is 9.97 Å². The molecule has 4 nitrogen and oxygen atoms in total. The van der Waals surface area contributed by atoms with Crippen LogP contribution >= 0.6 is 0 Å². The molecule has 0 radical (unpaired) electrons. The summed E-state index contributed by atoms with van der Waals surface area (Å²) < 4.78 is 1.90. The first-order valence-corrected chi connectivity index (χ1v) is 5.42. The Morgan fingerprint density at radius 2 is 2.25 bits per heavy atom. The summed E-state index contributed by atoms with van der Waals surface area (Å²) in [5, 5.41) is 3.38. The molecule has 0 fully saturated rings. The van der Waals surface area contributed by atoms with E-state index in [1.807, 2.05) is 23.0 Å². The Kier molecular flexibility index (Phi) is 3.31. The Bertz CT molecular complexity index is 434. The van der Waals surface area contributed by atoms with E-state index in [0.717, 1.165) is 12.4 Å². The Labute approximate surface area is 95.4 Å². The van der Waals surface area contributed by atoms with Gasteiger partial charge in [0.15, 0.2) is 0 Å². The van der Waals surface area contributed by atoms with Gasteiger partial charge < -0.3 is 5.32 Å². The van der Waals surface area contributed by atoms with Gasteiger partial charge in [0.25, 0.3) is 0 Å². The summed E-state index contributed by atoms with van der Waals surface area (Å²) in [6.07, 6.45) is 7.22. The van der Waals surface area contributed by atoms with Crippen LogP contribution in [0.25, 0.3) is 5.82 Å². The van der Waals surface area contributed by atoms with Gasteiger partial charge in [0.2, 0.25) is 0 Å². The topological polar surface area (TPSA) is 42.7 Å². The largest absolute Gasteiger partial charge is 0.310 e. The van der Waals surface area contributed by atoms with Crippen LogP contribution in [0.4, 0.5) is 0 Å². The van der Waals surface area contributed by atoms with Crippen LogP contribution in [-0.4, -0.2) is 20.6 Å². The highest BCUT2D eigenvalue weighted by Crippen LogP contribution is 2.06. The van der Waals surface area contributed by atoms with Gasteiger partial charge in [-0.1, -0.05) is 13.8 Å². The van der Waals surface area contributed by atoms with E-state index in [4.69, 9.17) is 0 Å². The molecule has 0 aliphatic heterocycles. The molecule has 2 heterocycles. The summed E-state index contributed by atoms with van der Waals surface area (Å²) in [6.45, 7) is 5.14. The van der Waals surface area contributed by atoms with Crippen LogP contribution in [0.5, 0.6) is 0 Å². The number of aromatic nitrogens is 3. The minimum Gasteiger partial charge on any atom is -0.310 e. The lowest BCUT2D eigenvalue weighted by atomic mass is 10.2. The van der Waals surface area contributed by atoms with Crippen LogP contribution in [0.3, 0.4) is 0 Å². The van der Waals surface area contributed by atoms with E-state index in [1.165, 1.54) is 5.56 Å². The Balaban J connectivity index is 2.14. The third-order valence-electron chi connectivity index (χ3n) is 2.29. The molecule has 2 aromatic heterocycles. The normalized spacial score (nSPS) is 10.9. The van der Waals surface area contributed by atoms with Crippen molar-refractivity contribution in [3.05, 3.63) is 42.6 Å². The van der Waals surface area contributed by atoms with Crippen molar-refractivity contribution in [1.82, 2.24) is 19.9 Å². The van der Waals surface area contributed by atoms with Crippen LogP contribution in [0, 0.1) is 0 Å². The molecule has 0 saturated heterocycles. The predicted molar refractivity (Wildman–Crippen MR) is 63.3 cm³/mol. The number of hydrogen-bond donors (Lipinski definition) is 1. The Morgan fingerprint density at radius 3 is 2.94 bits per heavy atom. The van der Waals surface area contributed by atoms with E-state index < -0.39 is 0 Å². The maximum absolute atomic E-state index is 4.30. The Hall–Kier alpha value is -1.68. The van der Waals surface area contributed by atoms with Gasteiger partial charge in [0.1, 0.15) is 12.1 Å². The van der Waals surface area contributed by atoms with E-state index >= 15 is 0 Å². The van der Waals surface area contributed by atoms with Crippen LogP contribution in [0.15, 0.2) is 37.1 Å². The standard InChI is InChI=1S/C12H16N4/c1-10(2)15-8-11-3-4-14-12(7-11)16-6-5-13-9-16/h3-7,9-10,15H,8H2,1-2H3. The van der Waals surface area contributed by atoms with Crippen molar-refractivity contribution in [2.45, 2.75) is 26.4 Å². The average Bonchev–Trinajstić information content (AvgIpc) is 2.80. The molecule has 84 valence electrons. The van der Waals surface area contributed by atoms with Crippen LogP contribution in [-0.2, 0) is 6.54 Å². The summed E-state index contributed by atoms with van der Waals surface area (Å²) >= 11 is 0. The van der Waals surface area contributed by atoms with Crippen molar-refractivity contribution in [1.29, 1.82) is 0 Å². The molecular formula is C12H16N4. The highest BCUT2D eigenvalue weighted by atomic mass is 15.1. The fourth-order valence-electron chi connectivity index (χ4n) is 1.43. The lowest BCUT2D eigenvalue weighted by Crippen LogP contribution is -2.21. The summed E-state index contributed by atoms with van der Waals surface area (Å²) in [7, 11) is 0. The number of rotatable bonds is 4. The number of hydrogen-bond acceptors (Lipinski definition) is 3. The SMILES string of the molecule is CC(C)NCc1ccnc(-n2ccnc2)c1. The van der Waals surface area contributed by atoms with Crippen LogP contribution < -0.4 is 5.32 Å². The van der Waals surface area contributed by atoms with E-state index in [0.29, 0.717) is 6.04 Å². The third-order valence-corrected chi connectivity index (χ3v) is 2.29. The number of nitrogens with zero attached hydrogens (tertiary/aromatic N) is 3. The van der Waals surface area contributed by atoms with Gasteiger partial charge in [0.05, 0.1) is 0 Å². The second kappa shape index (κ2) is 4.90. The average molecular weight is 216 g/mol. The van der Waals surface area contributed by atoms with Crippen molar-refractivity contribution in [2.24, 2.45) is 0 Å². The minimum absolute atomic E-state index is 0.491. The zero-order chi connectivity index (χ0) is 11.4. The molecule has 0 aromatic carbocycles. The van der Waals surface area contributed by atoms with E-state index in [1.54, 1.807) is 12.5 Å². The van der Waals surface area contributed by atoms with Crippen LogP contribution in [0.1, 0.15) is 19.4 Å². The van der Waals surface area contributed by atoms with E-state index in [2.05, 4.69) is 35.2 Å². The molecule has 1 N–H and O–H groups in total. The minimum atomic E-state index is 0.491. The van der Waals surface area contributed by atoms with Crippen molar-refractivity contribution in [3.8, 4) is 5.82 Å². The molecular weight excluding hydrogens is 200 g/mol. The summed E-state index contributed by atoms with van der Waals surface area (Å²) in [4.78, 5) is 8.31. The first-order chi connectivity index (χ1) is 7.75. The van der Waals surface area contributed by atoms with Crippen molar-refractivity contribution < 1.29 is 0 Å². The van der Waals surface area contributed by atoms with Crippen LogP contribution in [0.2, 0.25) is 0 Å². The van der Waals surface area contributed by atoms with Gasteiger partial charge in [0, 0.05) is 31.2 Å². The quantitative estimate of drug-likeness (QED) is 0.847. The Morgan fingerprint density at radius 1 is 1.38 bits per heavy atom. The van der Waals surface area contributed by atoms with Gasteiger partial charge in [-0.3, -0.25) is 4.57 Å². The number of pyridine rings is 1. The molecule has 2 rings (SSSR count). The third kappa shape index (κ3) is 2.67. The highest BCUT2D eigenvalue weighted by molar-refractivity contribution is 5.27. The van der Waals surface area contributed by atoms with E-state index in [9.17, 15) is 0 Å². The van der Waals surface area contributed by atoms with Crippen molar-refractivity contribution >= 4 is 0 Å². The second-order valence-corrected chi connectivity index (χ2v) is 4.03. The smallest absolute Gasteiger partial charge is 0.138 e. The monoisotopic (exact) mass is 216 g/mol. The fraction of sp³-hybridized carbons (Fsp3) is 0.333. The van der Waals surface area contributed by atoms with Gasteiger partial charge in [-0.15, -0.1) is 0 Å². The molecule has 0 atom stereocenters.